The number of hydrogen-bond acceptors (Lipinski definition) is 3. The highest BCUT2D eigenvalue weighted by molar-refractivity contribution is 5.50. The van der Waals surface area contributed by atoms with Gasteiger partial charge in [0.05, 0.1) is 0 Å². The monoisotopic (exact) mass is 244 g/mol. The zero-order valence-electron chi connectivity index (χ0n) is 11.1. The SMILES string of the molecule is CC(C)c1cc(C2CCCNC2)c2ncnn2c1. The Kier molecular flexibility index (Phi) is 3.04. The molecule has 3 rings (SSSR count). The van der Waals surface area contributed by atoms with Crippen molar-refractivity contribution in [2.24, 2.45) is 0 Å². The summed E-state index contributed by atoms with van der Waals surface area (Å²) in [5, 5.41) is 7.78. The first-order valence-electron chi connectivity index (χ1n) is 6.79. The van der Waals surface area contributed by atoms with E-state index in [2.05, 4.69) is 41.5 Å². The second kappa shape index (κ2) is 4.69. The second-order valence-electron chi connectivity index (χ2n) is 5.45. The molecule has 4 heteroatoms. The van der Waals surface area contributed by atoms with Crippen LogP contribution in [-0.2, 0) is 0 Å². The molecule has 0 bridgehead atoms. The average Bonchev–Trinajstić information content (AvgIpc) is 2.86. The summed E-state index contributed by atoms with van der Waals surface area (Å²) in [5.74, 6) is 1.10. The molecule has 0 radical (unpaired) electrons. The lowest BCUT2D eigenvalue weighted by Crippen LogP contribution is -2.28. The molecule has 0 amide bonds. The van der Waals surface area contributed by atoms with E-state index in [1.807, 2.05) is 4.52 Å². The molecule has 2 aromatic rings. The largest absolute Gasteiger partial charge is 0.316 e. The summed E-state index contributed by atoms with van der Waals surface area (Å²) >= 11 is 0. The average molecular weight is 244 g/mol. The molecule has 4 nitrogen and oxygen atoms in total. The summed E-state index contributed by atoms with van der Waals surface area (Å²) in [4.78, 5) is 4.42. The third-order valence-corrected chi connectivity index (χ3v) is 3.83. The molecule has 0 spiro atoms. The van der Waals surface area contributed by atoms with Gasteiger partial charge in [0.2, 0.25) is 0 Å². The summed E-state index contributed by atoms with van der Waals surface area (Å²) in [7, 11) is 0. The van der Waals surface area contributed by atoms with Crippen molar-refractivity contribution < 1.29 is 0 Å². The van der Waals surface area contributed by atoms with Crippen LogP contribution in [0.2, 0.25) is 0 Å². The predicted octanol–water partition coefficient (Wildman–Crippen LogP) is 2.32. The van der Waals surface area contributed by atoms with Gasteiger partial charge in [0.15, 0.2) is 5.65 Å². The molecule has 1 N–H and O–H groups in total. The molecule has 0 saturated carbocycles. The second-order valence-corrected chi connectivity index (χ2v) is 5.45. The normalized spacial score (nSPS) is 20.7. The third kappa shape index (κ3) is 2.01. The van der Waals surface area contributed by atoms with E-state index in [9.17, 15) is 0 Å². The Bertz CT molecular complexity index is 538. The van der Waals surface area contributed by atoms with Crippen molar-refractivity contribution in [1.82, 2.24) is 19.9 Å². The molecule has 3 heterocycles. The number of nitrogens with zero attached hydrogens (tertiary/aromatic N) is 3. The van der Waals surface area contributed by atoms with Crippen molar-refractivity contribution >= 4 is 5.65 Å². The topological polar surface area (TPSA) is 42.2 Å². The number of hydrogen-bond donors (Lipinski definition) is 1. The molecule has 1 fully saturated rings. The van der Waals surface area contributed by atoms with Crippen LogP contribution in [0.4, 0.5) is 0 Å². The minimum absolute atomic E-state index is 0.522. The van der Waals surface area contributed by atoms with E-state index < -0.39 is 0 Å². The summed E-state index contributed by atoms with van der Waals surface area (Å²) in [6.07, 6.45) is 6.25. The molecular weight excluding hydrogens is 224 g/mol. The number of aromatic nitrogens is 3. The summed E-state index contributed by atoms with van der Waals surface area (Å²) in [6, 6.07) is 2.33. The van der Waals surface area contributed by atoms with Gasteiger partial charge in [-0.1, -0.05) is 13.8 Å². The first-order chi connectivity index (χ1) is 8.75. The van der Waals surface area contributed by atoms with Crippen LogP contribution in [0.1, 0.15) is 49.7 Å². The van der Waals surface area contributed by atoms with Crippen molar-refractivity contribution in [3.63, 3.8) is 0 Å². The van der Waals surface area contributed by atoms with Crippen molar-refractivity contribution in [1.29, 1.82) is 0 Å². The fourth-order valence-corrected chi connectivity index (χ4v) is 2.71. The van der Waals surface area contributed by atoms with E-state index in [-0.39, 0.29) is 0 Å². The molecule has 2 aromatic heterocycles. The fourth-order valence-electron chi connectivity index (χ4n) is 2.71. The van der Waals surface area contributed by atoms with Gasteiger partial charge in [-0.3, -0.25) is 0 Å². The van der Waals surface area contributed by atoms with Gasteiger partial charge >= 0.3 is 0 Å². The smallest absolute Gasteiger partial charge is 0.158 e. The van der Waals surface area contributed by atoms with Crippen LogP contribution in [0, 0.1) is 0 Å². The van der Waals surface area contributed by atoms with Gasteiger partial charge in [-0.15, -0.1) is 0 Å². The maximum Gasteiger partial charge on any atom is 0.158 e. The minimum atomic E-state index is 0.522. The van der Waals surface area contributed by atoms with Gasteiger partial charge < -0.3 is 5.32 Å². The molecule has 1 saturated heterocycles. The lowest BCUT2D eigenvalue weighted by atomic mass is 9.90. The maximum absolute atomic E-state index is 4.42. The number of rotatable bonds is 2. The molecule has 1 unspecified atom stereocenters. The highest BCUT2D eigenvalue weighted by Crippen LogP contribution is 2.28. The van der Waals surface area contributed by atoms with E-state index in [1.165, 1.54) is 24.0 Å². The Morgan fingerprint density at radius 2 is 2.33 bits per heavy atom. The van der Waals surface area contributed by atoms with Crippen LogP contribution in [0.3, 0.4) is 0 Å². The summed E-state index contributed by atoms with van der Waals surface area (Å²) in [6.45, 7) is 6.65. The van der Waals surface area contributed by atoms with Gasteiger partial charge in [0.25, 0.3) is 0 Å². The molecule has 1 atom stereocenters. The quantitative estimate of drug-likeness (QED) is 0.881. The Morgan fingerprint density at radius 3 is 3.06 bits per heavy atom. The molecule has 96 valence electrons. The van der Waals surface area contributed by atoms with E-state index >= 15 is 0 Å². The molecular formula is C14H20N4. The van der Waals surface area contributed by atoms with Crippen molar-refractivity contribution in [2.45, 2.75) is 38.5 Å². The first-order valence-corrected chi connectivity index (χ1v) is 6.79. The van der Waals surface area contributed by atoms with Gasteiger partial charge in [-0.25, -0.2) is 9.50 Å². The Balaban J connectivity index is 2.09. The molecule has 0 aliphatic carbocycles. The third-order valence-electron chi connectivity index (χ3n) is 3.83. The number of piperidine rings is 1. The highest BCUT2D eigenvalue weighted by atomic mass is 15.3. The first kappa shape index (κ1) is 11.7. The predicted molar refractivity (Wildman–Crippen MR) is 71.9 cm³/mol. The van der Waals surface area contributed by atoms with Crippen molar-refractivity contribution in [3.05, 3.63) is 29.7 Å². The van der Waals surface area contributed by atoms with Crippen LogP contribution in [0.5, 0.6) is 0 Å². The lowest BCUT2D eigenvalue weighted by Gasteiger charge is -2.24. The standard InChI is InChI=1S/C14H20N4/c1-10(2)12-6-13(11-4-3-5-15-7-11)14-16-9-17-18(14)8-12/h6,8-11,15H,3-5,7H2,1-2H3. The van der Waals surface area contributed by atoms with Crippen LogP contribution >= 0.6 is 0 Å². The van der Waals surface area contributed by atoms with E-state index in [0.29, 0.717) is 11.8 Å². The van der Waals surface area contributed by atoms with Gasteiger partial charge in [0.1, 0.15) is 6.33 Å². The van der Waals surface area contributed by atoms with E-state index in [4.69, 9.17) is 0 Å². The van der Waals surface area contributed by atoms with Crippen molar-refractivity contribution in [3.8, 4) is 0 Å². The maximum atomic E-state index is 4.42. The van der Waals surface area contributed by atoms with Crippen LogP contribution in [0.15, 0.2) is 18.6 Å². The Hall–Kier alpha value is -1.42. The Labute approximate surface area is 107 Å². The van der Waals surface area contributed by atoms with Gasteiger partial charge in [0, 0.05) is 24.2 Å². The molecule has 0 aromatic carbocycles. The number of nitrogens with one attached hydrogen (secondary N) is 1. The fraction of sp³-hybridized carbons (Fsp3) is 0.571. The zero-order chi connectivity index (χ0) is 12.5. The zero-order valence-corrected chi connectivity index (χ0v) is 11.1. The highest BCUT2D eigenvalue weighted by Gasteiger charge is 2.20. The van der Waals surface area contributed by atoms with Gasteiger partial charge in [-0.05, 0) is 36.9 Å². The number of fused-ring (bicyclic) bond motifs is 1. The molecule has 1 aliphatic heterocycles. The van der Waals surface area contributed by atoms with Crippen molar-refractivity contribution in [2.75, 3.05) is 13.1 Å². The Morgan fingerprint density at radius 1 is 1.44 bits per heavy atom. The molecule has 18 heavy (non-hydrogen) atoms. The van der Waals surface area contributed by atoms with E-state index in [1.54, 1.807) is 6.33 Å². The number of pyridine rings is 1. The van der Waals surface area contributed by atoms with Crippen LogP contribution in [0.25, 0.3) is 5.65 Å². The van der Waals surface area contributed by atoms with Crippen LogP contribution < -0.4 is 5.32 Å². The van der Waals surface area contributed by atoms with E-state index in [0.717, 1.165) is 18.7 Å². The van der Waals surface area contributed by atoms with Crippen LogP contribution in [-0.4, -0.2) is 27.7 Å². The summed E-state index contributed by atoms with van der Waals surface area (Å²) in [5.41, 5.74) is 3.72. The minimum Gasteiger partial charge on any atom is -0.316 e. The van der Waals surface area contributed by atoms with Gasteiger partial charge in [-0.2, -0.15) is 5.10 Å². The lowest BCUT2D eigenvalue weighted by molar-refractivity contribution is 0.462. The molecule has 1 aliphatic rings. The summed E-state index contributed by atoms with van der Waals surface area (Å²) < 4.78 is 1.93.